The zero-order valence-electron chi connectivity index (χ0n) is 14.3. The van der Waals surface area contributed by atoms with Gasteiger partial charge < -0.3 is 0 Å². The van der Waals surface area contributed by atoms with Crippen LogP contribution in [0.25, 0.3) is 0 Å². The van der Waals surface area contributed by atoms with Crippen LogP contribution in [0.5, 0.6) is 0 Å². The molecule has 0 unspecified atom stereocenters. The van der Waals surface area contributed by atoms with Gasteiger partial charge in [0.2, 0.25) is 0 Å². The van der Waals surface area contributed by atoms with Crippen molar-refractivity contribution in [3.63, 3.8) is 0 Å². The fraction of sp³-hybridized carbons (Fsp3) is 1.00. The van der Waals surface area contributed by atoms with E-state index in [1.54, 1.807) is 13.3 Å². The average Bonchev–Trinajstić information content (AvgIpc) is 2.26. The third kappa shape index (κ3) is 14.9. The van der Waals surface area contributed by atoms with E-state index in [0.717, 1.165) is 0 Å². The van der Waals surface area contributed by atoms with Crippen molar-refractivity contribution in [1.82, 2.24) is 14.7 Å². The molecule has 0 fully saturated rings. The van der Waals surface area contributed by atoms with Crippen LogP contribution < -0.4 is 0 Å². The molecule has 0 radical (unpaired) electrons. The van der Waals surface area contributed by atoms with Crippen LogP contribution in [0.1, 0.15) is 19.3 Å². The number of hydrogen-bond acceptors (Lipinski definition) is 3. The van der Waals surface area contributed by atoms with Gasteiger partial charge in [0.15, 0.2) is 0 Å². The molecule has 19 heavy (non-hydrogen) atoms. The molecule has 0 aliphatic rings. The van der Waals surface area contributed by atoms with Crippen molar-refractivity contribution in [2.75, 3.05) is 61.9 Å². The summed E-state index contributed by atoms with van der Waals surface area (Å²) in [7, 11) is 13.2. The Morgan fingerprint density at radius 1 is 0.526 bits per heavy atom. The molecule has 0 aliphatic carbocycles. The molecule has 0 amide bonds. The first-order valence-corrected chi connectivity index (χ1v) is 14.8. The van der Waals surface area contributed by atoms with Gasteiger partial charge in [0.25, 0.3) is 0 Å². The zero-order valence-corrected chi connectivity index (χ0v) is 17.6. The minimum absolute atomic E-state index is 1.22. The standard InChI is InChI=1S/3C5H12N.Sn.H/c3*1-4-5-6(2)3;;/h3*1,4-5H2,2-3H3;;. The van der Waals surface area contributed by atoms with Crippen LogP contribution in [-0.2, 0) is 0 Å². The molecule has 0 aromatic rings. The first kappa shape index (κ1) is 19.7. The van der Waals surface area contributed by atoms with Crippen LogP contribution in [0.3, 0.4) is 0 Å². The molecule has 0 saturated carbocycles. The summed E-state index contributed by atoms with van der Waals surface area (Å²) in [4.78, 5) is 7.01. The van der Waals surface area contributed by atoms with E-state index in [1.807, 2.05) is 0 Å². The summed E-state index contributed by atoms with van der Waals surface area (Å²) in [5.41, 5.74) is 0. The van der Waals surface area contributed by atoms with Gasteiger partial charge in [0, 0.05) is 0 Å². The predicted molar refractivity (Wildman–Crippen MR) is 91.1 cm³/mol. The van der Waals surface area contributed by atoms with Crippen LogP contribution in [0, 0.1) is 0 Å². The maximum absolute atomic E-state index is 2.34. The van der Waals surface area contributed by atoms with Crippen LogP contribution in [0.2, 0.25) is 13.3 Å². The van der Waals surface area contributed by atoms with E-state index in [2.05, 4.69) is 57.0 Å². The number of rotatable bonds is 12. The second-order valence-electron chi connectivity index (χ2n) is 6.70. The van der Waals surface area contributed by atoms with Crippen LogP contribution in [-0.4, -0.2) is 96.4 Å². The Morgan fingerprint density at radius 2 is 0.789 bits per heavy atom. The molecule has 0 bridgehead atoms. The molecule has 0 saturated heterocycles. The quantitative estimate of drug-likeness (QED) is 0.482. The molecule has 0 N–H and O–H groups in total. The summed E-state index contributed by atoms with van der Waals surface area (Å²) < 4.78 is 4.84. The van der Waals surface area contributed by atoms with Gasteiger partial charge >= 0.3 is 129 Å². The Labute approximate surface area is 129 Å². The van der Waals surface area contributed by atoms with Crippen molar-refractivity contribution in [3.8, 4) is 0 Å². The Hall–Kier alpha value is 0.679. The third-order valence-electron chi connectivity index (χ3n) is 3.65. The molecule has 3 nitrogen and oxygen atoms in total. The molecular weight excluding hydrogens is 341 g/mol. The van der Waals surface area contributed by atoms with Crippen molar-refractivity contribution in [2.45, 2.75) is 32.6 Å². The van der Waals surface area contributed by atoms with Crippen molar-refractivity contribution in [3.05, 3.63) is 0 Å². The van der Waals surface area contributed by atoms with Gasteiger partial charge in [-0.15, -0.1) is 0 Å². The topological polar surface area (TPSA) is 9.72 Å². The summed E-state index contributed by atoms with van der Waals surface area (Å²) >= 11 is -1.22. The normalized spacial score (nSPS) is 12.3. The van der Waals surface area contributed by atoms with E-state index in [1.165, 1.54) is 38.9 Å². The van der Waals surface area contributed by atoms with Crippen LogP contribution in [0.15, 0.2) is 0 Å². The molecule has 4 heteroatoms. The van der Waals surface area contributed by atoms with E-state index >= 15 is 0 Å². The number of hydrogen-bond donors (Lipinski definition) is 0. The van der Waals surface area contributed by atoms with Crippen molar-refractivity contribution < 1.29 is 0 Å². The second-order valence-corrected chi connectivity index (χ2v) is 16.6. The van der Waals surface area contributed by atoms with E-state index in [9.17, 15) is 0 Å². The summed E-state index contributed by atoms with van der Waals surface area (Å²) in [6.07, 6.45) is 4.33. The molecule has 0 spiro atoms. The van der Waals surface area contributed by atoms with Gasteiger partial charge in [-0.25, -0.2) is 0 Å². The summed E-state index contributed by atoms with van der Waals surface area (Å²) in [6, 6.07) is 0. The van der Waals surface area contributed by atoms with Gasteiger partial charge in [-0.2, -0.15) is 0 Å². The Kier molecular flexibility index (Phi) is 12.9. The molecule has 0 aromatic carbocycles. The third-order valence-corrected chi connectivity index (χ3v) is 14.1. The number of nitrogens with zero attached hydrogens (tertiary/aromatic N) is 3. The van der Waals surface area contributed by atoms with Crippen molar-refractivity contribution >= 4 is 19.8 Å². The zero-order chi connectivity index (χ0) is 14.7. The Morgan fingerprint density at radius 3 is 1.00 bits per heavy atom. The van der Waals surface area contributed by atoms with Crippen molar-refractivity contribution in [1.29, 1.82) is 0 Å². The SMILES string of the molecule is CN(C)CC[CH2][SnH]([CH2]CCN(C)C)[CH2]CCN(C)C. The average molecular weight is 378 g/mol. The van der Waals surface area contributed by atoms with Crippen LogP contribution in [0.4, 0.5) is 0 Å². The Bertz CT molecular complexity index is 163. The van der Waals surface area contributed by atoms with E-state index in [4.69, 9.17) is 0 Å². The van der Waals surface area contributed by atoms with Gasteiger partial charge in [-0.1, -0.05) is 0 Å². The minimum atomic E-state index is -1.22. The van der Waals surface area contributed by atoms with Crippen molar-refractivity contribution in [2.24, 2.45) is 0 Å². The molecule has 116 valence electrons. The molecular formula is C15H37N3Sn. The predicted octanol–water partition coefficient (Wildman–Crippen LogP) is 2.07. The molecule has 0 atom stereocenters. The Balaban J connectivity index is 3.85. The molecule has 0 rings (SSSR count). The van der Waals surface area contributed by atoms with Gasteiger partial charge in [-0.05, 0) is 0 Å². The second kappa shape index (κ2) is 12.4. The first-order valence-electron chi connectivity index (χ1n) is 7.86. The molecule has 0 heterocycles. The van der Waals surface area contributed by atoms with Gasteiger partial charge in [-0.3, -0.25) is 0 Å². The summed E-state index contributed by atoms with van der Waals surface area (Å²) in [5.74, 6) is 0. The summed E-state index contributed by atoms with van der Waals surface area (Å²) in [5, 5.41) is 0. The summed E-state index contributed by atoms with van der Waals surface area (Å²) in [6.45, 7) is 3.86. The first-order chi connectivity index (χ1) is 8.91. The fourth-order valence-corrected chi connectivity index (χ4v) is 11.5. The van der Waals surface area contributed by atoms with Gasteiger partial charge in [0.1, 0.15) is 0 Å². The van der Waals surface area contributed by atoms with E-state index in [0.29, 0.717) is 0 Å². The van der Waals surface area contributed by atoms with E-state index in [-0.39, 0.29) is 0 Å². The van der Waals surface area contributed by atoms with Gasteiger partial charge in [0.05, 0.1) is 0 Å². The molecule has 0 aliphatic heterocycles. The van der Waals surface area contributed by atoms with Crippen LogP contribution >= 0.6 is 0 Å². The molecule has 0 aromatic heterocycles. The maximum atomic E-state index is 2.34. The van der Waals surface area contributed by atoms with E-state index < -0.39 is 19.8 Å². The fourth-order valence-electron chi connectivity index (χ4n) is 2.52. The monoisotopic (exact) mass is 379 g/mol.